The standard InChI is InChI=1S/C23H28N6/c1-15(2)22(23-27-19-5-4-16(3)12-20(19)28-23)26-18-7-10-29(11-8-18)21-13-17(14-24)6-9-25-21/h4-6,9,12-13,15,18,22,26H,7-8,10-11H2,1-3H3,(H,27,28)/t22-/m1/s1. The van der Waals surface area contributed by atoms with E-state index in [2.05, 4.69) is 65.2 Å². The number of piperidine rings is 1. The fraction of sp³-hybridized carbons (Fsp3) is 0.435. The van der Waals surface area contributed by atoms with E-state index < -0.39 is 0 Å². The van der Waals surface area contributed by atoms with Crippen LogP contribution in [0.5, 0.6) is 0 Å². The zero-order valence-corrected chi connectivity index (χ0v) is 17.3. The van der Waals surface area contributed by atoms with Crippen molar-refractivity contribution in [1.29, 1.82) is 5.26 Å². The zero-order chi connectivity index (χ0) is 20.4. The lowest BCUT2D eigenvalue weighted by molar-refractivity contribution is 0.312. The van der Waals surface area contributed by atoms with Crippen molar-refractivity contribution in [3.05, 3.63) is 53.5 Å². The van der Waals surface area contributed by atoms with Crippen LogP contribution < -0.4 is 10.2 Å². The molecule has 1 aliphatic rings. The van der Waals surface area contributed by atoms with Crippen LogP contribution in [0.15, 0.2) is 36.5 Å². The molecule has 1 aliphatic heterocycles. The van der Waals surface area contributed by atoms with Gasteiger partial charge in [0.15, 0.2) is 0 Å². The van der Waals surface area contributed by atoms with Gasteiger partial charge in [0.2, 0.25) is 0 Å². The van der Waals surface area contributed by atoms with Gasteiger partial charge in [-0.15, -0.1) is 0 Å². The van der Waals surface area contributed by atoms with Crippen molar-refractivity contribution in [2.45, 2.75) is 45.7 Å². The van der Waals surface area contributed by atoms with Crippen LogP contribution in [0.1, 0.15) is 49.7 Å². The van der Waals surface area contributed by atoms with Crippen molar-refractivity contribution in [1.82, 2.24) is 20.3 Å². The van der Waals surface area contributed by atoms with Crippen LogP contribution in [0.2, 0.25) is 0 Å². The highest BCUT2D eigenvalue weighted by Crippen LogP contribution is 2.26. The van der Waals surface area contributed by atoms with E-state index >= 15 is 0 Å². The number of hydrogen-bond donors (Lipinski definition) is 2. The van der Waals surface area contributed by atoms with Gasteiger partial charge in [0.05, 0.1) is 28.7 Å². The Labute approximate surface area is 172 Å². The van der Waals surface area contributed by atoms with Gasteiger partial charge < -0.3 is 15.2 Å². The minimum Gasteiger partial charge on any atom is -0.356 e. The molecular formula is C23H28N6. The number of nitrogens with zero attached hydrogens (tertiary/aromatic N) is 4. The van der Waals surface area contributed by atoms with Gasteiger partial charge in [-0.3, -0.25) is 0 Å². The van der Waals surface area contributed by atoms with E-state index in [1.807, 2.05) is 6.07 Å². The SMILES string of the molecule is Cc1ccc2nc([C@H](NC3CCN(c4cc(C#N)ccn4)CC3)C(C)C)[nH]c2c1. The molecule has 4 rings (SSSR count). The second-order valence-corrected chi connectivity index (χ2v) is 8.31. The molecule has 0 unspecified atom stereocenters. The van der Waals surface area contributed by atoms with Crippen LogP contribution in [0, 0.1) is 24.2 Å². The third kappa shape index (κ3) is 4.25. The summed E-state index contributed by atoms with van der Waals surface area (Å²) in [5, 5.41) is 13.0. The van der Waals surface area contributed by atoms with Crippen molar-refractivity contribution in [2.75, 3.05) is 18.0 Å². The normalized spacial score (nSPS) is 16.3. The summed E-state index contributed by atoms with van der Waals surface area (Å²) in [6.07, 6.45) is 3.80. The van der Waals surface area contributed by atoms with E-state index in [1.165, 1.54) is 5.56 Å². The van der Waals surface area contributed by atoms with Crippen LogP contribution in [0.4, 0.5) is 5.82 Å². The predicted octanol–water partition coefficient (Wildman–Crippen LogP) is 4.09. The molecule has 1 aromatic carbocycles. The van der Waals surface area contributed by atoms with E-state index in [0.717, 1.165) is 48.6 Å². The fourth-order valence-corrected chi connectivity index (χ4v) is 4.07. The zero-order valence-electron chi connectivity index (χ0n) is 17.3. The largest absolute Gasteiger partial charge is 0.356 e. The van der Waals surface area contributed by atoms with E-state index in [0.29, 0.717) is 17.5 Å². The number of aryl methyl sites for hydroxylation is 1. The number of anilines is 1. The van der Waals surface area contributed by atoms with Crippen molar-refractivity contribution >= 4 is 16.9 Å². The molecule has 0 amide bonds. The molecule has 3 aromatic rings. The maximum absolute atomic E-state index is 9.11. The highest BCUT2D eigenvalue weighted by molar-refractivity contribution is 5.75. The van der Waals surface area contributed by atoms with Gasteiger partial charge in [0.1, 0.15) is 11.6 Å². The number of nitriles is 1. The second-order valence-electron chi connectivity index (χ2n) is 8.31. The summed E-state index contributed by atoms with van der Waals surface area (Å²) in [6, 6.07) is 12.8. The van der Waals surface area contributed by atoms with Crippen molar-refractivity contribution < 1.29 is 0 Å². The third-order valence-corrected chi connectivity index (χ3v) is 5.73. The molecule has 0 aliphatic carbocycles. The summed E-state index contributed by atoms with van der Waals surface area (Å²) in [5.74, 6) is 2.35. The molecule has 1 fully saturated rings. The summed E-state index contributed by atoms with van der Waals surface area (Å²) in [5.41, 5.74) is 4.03. The number of rotatable bonds is 5. The van der Waals surface area contributed by atoms with Crippen LogP contribution in [0.25, 0.3) is 11.0 Å². The lowest BCUT2D eigenvalue weighted by Gasteiger charge is -2.35. The quantitative estimate of drug-likeness (QED) is 0.688. The Hall–Kier alpha value is -2.91. The first kappa shape index (κ1) is 19.4. The molecule has 0 radical (unpaired) electrons. The molecule has 1 saturated heterocycles. The molecule has 0 bridgehead atoms. The molecule has 2 N–H and O–H groups in total. The molecular weight excluding hydrogens is 360 g/mol. The Bertz CT molecular complexity index is 1020. The first-order valence-corrected chi connectivity index (χ1v) is 10.4. The Morgan fingerprint density at radius 1 is 1.21 bits per heavy atom. The molecule has 6 heteroatoms. The second kappa shape index (κ2) is 8.22. The monoisotopic (exact) mass is 388 g/mol. The summed E-state index contributed by atoms with van der Waals surface area (Å²) in [4.78, 5) is 15.1. The van der Waals surface area contributed by atoms with Crippen molar-refractivity contribution in [3.8, 4) is 6.07 Å². The average Bonchev–Trinajstić information content (AvgIpc) is 3.15. The first-order valence-electron chi connectivity index (χ1n) is 10.4. The van der Waals surface area contributed by atoms with E-state index in [4.69, 9.17) is 10.2 Å². The van der Waals surface area contributed by atoms with Gasteiger partial charge in [0.25, 0.3) is 0 Å². The van der Waals surface area contributed by atoms with Gasteiger partial charge in [-0.05, 0) is 55.5 Å². The number of hydrogen-bond acceptors (Lipinski definition) is 5. The smallest absolute Gasteiger partial charge is 0.129 e. The van der Waals surface area contributed by atoms with Gasteiger partial charge in [-0.1, -0.05) is 19.9 Å². The number of pyridine rings is 1. The summed E-state index contributed by atoms with van der Waals surface area (Å²) in [6.45, 7) is 8.45. The number of aromatic amines is 1. The minimum atomic E-state index is 0.194. The Kier molecular flexibility index (Phi) is 5.50. The Morgan fingerprint density at radius 3 is 2.72 bits per heavy atom. The van der Waals surface area contributed by atoms with E-state index in [1.54, 1.807) is 12.3 Å². The fourth-order valence-electron chi connectivity index (χ4n) is 4.07. The highest BCUT2D eigenvalue weighted by Gasteiger charge is 2.26. The van der Waals surface area contributed by atoms with Crippen LogP contribution >= 0.6 is 0 Å². The predicted molar refractivity (Wildman–Crippen MR) is 116 cm³/mol. The molecule has 0 saturated carbocycles. The summed E-state index contributed by atoms with van der Waals surface area (Å²) < 4.78 is 0. The maximum atomic E-state index is 9.11. The molecule has 2 aromatic heterocycles. The lowest BCUT2D eigenvalue weighted by Crippen LogP contribution is -2.45. The topological polar surface area (TPSA) is 80.6 Å². The minimum absolute atomic E-state index is 0.194. The first-order chi connectivity index (χ1) is 14.0. The highest BCUT2D eigenvalue weighted by atomic mass is 15.2. The molecule has 6 nitrogen and oxygen atoms in total. The van der Waals surface area contributed by atoms with E-state index in [-0.39, 0.29) is 6.04 Å². The van der Waals surface area contributed by atoms with Gasteiger partial charge >= 0.3 is 0 Å². The van der Waals surface area contributed by atoms with Crippen LogP contribution in [-0.4, -0.2) is 34.1 Å². The van der Waals surface area contributed by atoms with E-state index in [9.17, 15) is 0 Å². The maximum Gasteiger partial charge on any atom is 0.129 e. The van der Waals surface area contributed by atoms with Gasteiger partial charge in [-0.25, -0.2) is 9.97 Å². The van der Waals surface area contributed by atoms with Crippen LogP contribution in [-0.2, 0) is 0 Å². The lowest BCUT2D eigenvalue weighted by atomic mass is 9.98. The van der Waals surface area contributed by atoms with Crippen molar-refractivity contribution in [2.24, 2.45) is 5.92 Å². The Balaban J connectivity index is 1.44. The number of fused-ring (bicyclic) bond motifs is 1. The number of aromatic nitrogens is 3. The number of imidazole rings is 1. The molecule has 3 heterocycles. The van der Waals surface area contributed by atoms with Crippen molar-refractivity contribution in [3.63, 3.8) is 0 Å². The Morgan fingerprint density at radius 2 is 2.00 bits per heavy atom. The molecule has 150 valence electrons. The molecule has 0 spiro atoms. The number of H-pyrrole nitrogens is 1. The number of nitrogens with one attached hydrogen (secondary N) is 2. The summed E-state index contributed by atoms with van der Waals surface area (Å²) >= 11 is 0. The molecule has 29 heavy (non-hydrogen) atoms. The molecule has 1 atom stereocenters. The average molecular weight is 389 g/mol. The summed E-state index contributed by atoms with van der Waals surface area (Å²) in [7, 11) is 0. The van der Waals surface area contributed by atoms with Crippen LogP contribution in [0.3, 0.4) is 0 Å². The van der Waals surface area contributed by atoms with Gasteiger partial charge in [0, 0.05) is 25.3 Å². The third-order valence-electron chi connectivity index (χ3n) is 5.73. The van der Waals surface area contributed by atoms with Gasteiger partial charge in [-0.2, -0.15) is 5.26 Å². The number of benzene rings is 1.